The number of fused-ring (bicyclic) bond motifs is 3. The molecule has 2 amide bonds. The van der Waals surface area contributed by atoms with Gasteiger partial charge in [0.2, 0.25) is 0 Å². The number of carbonyl (C=O) groups excluding carboxylic acids is 2. The minimum absolute atomic E-state index is 0.0335. The molecule has 6 aromatic rings. The maximum absolute atomic E-state index is 14.0. The third-order valence-corrected chi connectivity index (χ3v) is 9.39. The number of benzene rings is 2. The number of pyridine rings is 2. The van der Waals surface area contributed by atoms with Crippen LogP contribution < -0.4 is 21.7 Å². The number of hydrogen-bond acceptors (Lipinski definition) is 6. The second kappa shape index (κ2) is 12.0. The summed E-state index contributed by atoms with van der Waals surface area (Å²) < 4.78 is 3.07. The first-order valence-electron chi connectivity index (χ1n) is 14.9. The molecule has 224 valence electrons. The molecular weight excluding hydrogens is 584 g/mol. The number of para-hydroxylation sites is 1. The van der Waals surface area contributed by atoms with Crippen molar-refractivity contribution < 1.29 is 9.59 Å². The van der Waals surface area contributed by atoms with Gasteiger partial charge in [-0.3, -0.25) is 24.2 Å². The summed E-state index contributed by atoms with van der Waals surface area (Å²) in [6.45, 7) is 0.341. The van der Waals surface area contributed by atoms with Crippen molar-refractivity contribution in [2.75, 3.05) is 10.6 Å². The number of thiophene rings is 1. The first-order chi connectivity index (χ1) is 22.0. The number of aryl methyl sites for hydroxylation is 3. The van der Waals surface area contributed by atoms with Gasteiger partial charge in [0.05, 0.1) is 16.5 Å². The van der Waals surface area contributed by atoms with E-state index in [9.17, 15) is 14.4 Å². The van der Waals surface area contributed by atoms with Gasteiger partial charge < -0.3 is 15.2 Å². The number of anilines is 2. The molecule has 3 N–H and O–H groups in total. The van der Waals surface area contributed by atoms with E-state index in [0.717, 1.165) is 41.7 Å². The Balaban J connectivity index is 1.32. The Morgan fingerprint density at radius 1 is 0.889 bits per heavy atom. The highest BCUT2D eigenvalue weighted by Crippen LogP contribution is 2.38. The normalized spacial score (nSPS) is 12.6. The molecule has 45 heavy (non-hydrogen) atoms. The first-order valence-corrected chi connectivity index (χ1v) is 15.8. The van der Waals surface area contributed by atoms with Crippen LogP contribution in [0.5, 0.6) is 0 Å². The Kier molecular flexibility index (Phi) is 7.56. The van der Waals surface area contributed by atoms with E-state index in [1.54, 1.807) is 29.0 Å². The van der Waals surface area contributed by atoms with Gasteiger partial charge in [0.15, 0.2) is 0 Å². The maximum atomic E-state index is 14.0. The van der Waals surface area contributed by atoms with Gasteiger partial charge in [-0.15, -0.1) is 11.3 Å². The van der Waals surface area contributed by atoms with Crippen LogP contribution in [-0.2, 0) is 25.8 Å². The van der Waals surface area contributed by atoms with Crippen LogP contribution in [-0.4, -0.2) is 25.8 Å². The highest BCUT2D eigenvalue weighted by molar-refractivity contribution is 7.17. The molecule has 4 aromatic heterocycles. The van der Waals surface area contributed by atoms with Crippen molar-refractivity contribution >= 4 is 50.5 Å². The van der Waals surface area contributed by atoms with Gasteiger partial charge in [-0.2, -0.15) is 0 Å². The smallest absolute Gasteiger partial charge is 0.267 e. The average Bonchev–Trinajstić information content (AvgIpc) is 3.43. The molecule has 10 heteroatoms. The number of rotatable bonds is 7. The van der Waals surface area contributed by atoms with Gasteiger partial charge in [-0.05, 0) is 73.6 Å². The fraction of sp³-hybridized carbons (Fsp3) is 0.171. The van der Waals surface area contributed by atoms with E-state index in [1.165, 1.54) is 21.8 Å². The van der Waals surface area contributed by atoms with Crippen LogP contribution in [0.1, 0.15) is 49.6 Å². The Morgan fingerprint density at radius 2 is 1.62 bits per heavy atom. The molecule has 0 radical (unpaired) electrons. The molecule has 0 fully saturated rings. The lowest BCUT2D eigenvalue weighted by molar-refractivity contribution is 0.102. The van der Waals surface area contributed by atoms with E-state index in [2.05, 4.69) is 10.6 Å². The minimum Gasteiger partial charge on any atom is -0.322 e. The van der Waals surface area contributed by atoms with Crippen molar-refractivity contribution in [2.45, 2.75) is 38.6 Å². The van der Waals surface area contributed by atoms with Crippen molar-refractivity contribution in [2.24, 2.45) is 0 Å². The van der Waals surface area contributed by atoms with Crippen LogP contribution >= 0.6 is 11.3 Å². The summed E-state index contributed by atoms with van der Waals surface area (Å²) in [6, 6.07) is 25.8. The van der Waals surface area contributed by atoms with Crippen LogP contribution in [0.25, 0.3) is 16.7 Å². The van der Waals surface area contributed by atoms with E-state index in [4.69, 9.17) is 10.4 Å². The van der Waals surface area contributed by atoms with Gasteiger partial charge in [0.1, 0.15) is 21.8 Å². The molecule has 0 saturated carbocycles. The Labute approximate surface area is 262 Å². The molecule has 0 saturated heterocycles. The molecule has 0 atom stereocenters. The fourth-order valence-corrected chi connectivity index (χ4v) is 7.22. The molecule has 4 heterocycles. The predicted molar refractivity (Wildman–Crippen MR) is 176 cm³/mol. The minimum atomic E-state index is -0.555. The third-order valence-electron chi connectivity index (χ3n) is 8.19. The Bertz CT molecular complexity index is 2200. The van der Waals surface area contributed by atoms with Crippen molar-refractivity contribution in [1.82, 2.24) is 14.0 Å². The lowest BCUT2D eigenvalue weighted by Crippen LogP contribution is -2.32. The zero-order chi connectivity index (χ0) is 30.9. The quantitative estimate of drug-likeness (QED) is 0.196. The van der Waals surface area contributed by atoms with Crippen molar-refractivity contribution in [3.05, 3.63) is 134 Å². The van der Waals surface area contributed by atoms with Crippen LogP contribution in [0.2, 0.25) is 0 Å². The molecule has 0 spiro atoms. The summed E-state index contributed by atoms with van der Waals surface area (Å²) in [5.41, 5.74) is 3.60. The van der Waals surface area contributed by atoms with E-state index >= 15 is 0 Å². The van der Waals surface area contributed by atoms with Gasteiger partial charge in [-0.1, -0.05) is 54.6 Å². The summed E-state index contributed by atoms with van der Waals surface area (Å²) in [5, 5.41) is 15.8. The fourth-order valence-electron chi connectivity index (χ4n) is 5.94. The van der Waals surface area contributed by atoms with E-state index in [0.29, 0.717) is 40.5 Å². The molecule has 0 bridgehead atoms. The van der Waals surface area contributed by atoms with Gasteiger partial charge >= 0.3 is 0 Å². The predicted octanol–water partition coefficient (Wildman–Crippen LogP) is 5.82. The summed E-state index contributed by atoms with van der Waals surface area (Å²) >= 11 is 1.41. The first kappa shape index (κ1) is 28.4. The average molecular weight is 615 g/mol. The Hall–Kier alpha value is -5.35. The summed E-state index contributed by atoms with van der Waals surface area (Å²) in [4.78, 5) is 47.2. The number of nitrogens with zero attached hydrogens (tertiary/aromatic N) is 3. The standard InChI is InChI=1S/C35H30N6O3S/c36-30-25(32(42)39-34-29(24-15-7-8-16-27(24)45-34)33(43)37-23-13-5-2-6-14-23)21-26-31(38-28-17-9-10-19-40(28)35(26)44)41(30)20-18-22-11-3-1-4-12-22/h1-6,9-14,17,19,21,36H,7-8,15-16,18,20H2,(H,37,43)(H,39,42). The monoisotopic (exact) mass is 614 g/mol. The van der Waals surface area contributed by atoms with Crippen molar-refractivity contribution in [3.63, 3.8) is 0 Å². The molecule has 9 nitrogen and oxygen atoms in total. The summed E-state index contributed by atoms with van der Waals surface area (Å²) in [7, 11) is 0. The molecule has 7 rings (SSSR count). The lowest BCUT2D eigenvalue weighted by atomic mass is 9.95. The van der Waals surface area contributed by atoms with Crippen LogP contribution in [0.3, 0.4) is 0 Å². The van der Waals surface area contributed by atoms with Gasteiger partial charge in [0.25, 0.3) is 17.4 Å². The number of nitrogens with one attached hydrogen (secondary N) is 3. The highest BCUT2D eigenvalue weighted by Gasteiger charge is 2.27. The number of hydrogen-bond donors (Lipinski definition) is 3. The zero-order valence-corrected chi connectivity index (χ0v) is 25.2. The zero-order valence-electron chi connectivity index (χ0n) is 24.4. The molecule has 0 unspecified atom stereocenters. The number of aromatic nitrogens is 3. The van der Waals surface area contributed by atoms with E-state index < -0.39 is 5.91 Å². The second-order valence-electron chi connectivity index (χ2n) is 11.1. The molecule has 0 aliphatic heterocycles. The Morgan fingerprint density at radius 3 is 2.42 bits per heavy atom. The van der Waals surface area contributed by atoms with E-state index in [1.807, 2.05) is 60.7 Å². The molecule has 1 aliphatic rings. The molecule has 1 aliphatic carbocycles. The maximum Gasteiger partial charge on any atom is 0.267 e. The van der Waals surface area contributed by atoms with E-state index in [-0.39, 0.29) is 27.9 Å². The molecule has 2 aromatic carbocycles. The van der Waals surface area contributed by atoms with Crippen molar-refractivity contribution in [1.29, 1.82) is 5.41 Å². The number of amides is 2. The second-order valence-corrected chi connectivity index (χ2v) is 12.2. The van der Waals surface area contributed by atoms with Crippen LogP contribution in [0.4, 0.5) is 10.7 Å². The molecular formula is C35H30N6O3S. The van der Waals surface area contributed by atoms with Gasteiger partial charge in [0, 0.05) is 23.3 Å². The lowest BCUT2D eigenvalue weighted by Gasteiger charge is -2.15. The topological polar surface area (TPSA) is 121 Å². The highest BCUT2D eigenvalue weighted by atomic mass is 32.1. The largest absolute Gasteiger partial charge is 0.322 e. The summed E-state index contributed by atoms with van der Waals surface area (Å²) in [6.07, 6.45) is 5.81. The van der Waals surface area contributed by atoms with Crippen LogP contribution in [0.15, 0.2) is 95.9 Å². The van der Waals surface area contributed by atoms with Gasteiger partial charge in [-0.25, -0.2) is 4.98 Å². The van der Waals surface area contributed by atoms with Crippen LogP contribution in [0, 0.1) is 5.41 Å². The summed E-state index contributed by atoms with van der Waals surface area (Å²) in [5.74, 6) is -0.840. The van der Waals surface area contributed by atoms with Crippen molar-refractivity contribution in [3.8, 4) is 0 Å². The number of carbonyl (C=O) groups is 2. The SMILES string of the molecule is N=c1c(C(=O)Nc2sc3c(c2C(=O)Nc2ccccc2)CCCC3)cc2c(=O)n3ccccc3nc2n1CCc1ccccc1. The third kappa shape index (κ3) is 5.44.